The molecule has 0 amide bonds. The van der Waals surface area contributed by atoms with Crippen LogP contribution in [0.5, 0.6) is 0 Å². The van der Waals surface area contributed by atoms with Gasteiger partial charge in [0.25, 0.3) is 0 Å². The molecule has 0 spiro atoms. The molecule has 0 radical (unpaired) electrons. The molecular weight excluding hydrogens is 182 g/mol. The third-order valence-corrected chi connectivity index (χ3v) is 2.28. The van der Waals surface area contributed by atoms with E-state index in [9.17, 15) is 0 Å². The second-order valence-electron chi connectivity index (χ2n) is 3.11. The summed E-state index contributed by atoms with van der Waals surface area (Å²) in [6.45, 7) is 2.04. The number of rotatable bonds is 1. The Kier molecular flexibility index (Phi) is 2.00. The van der Waals surface area contributed by atoms with Crippen molar-refractivity contribution >= 4 is 23.7 Å². The highest BCUT2D eigenvalue weighted by atomic mass is 32.1. The van der Waals surface area contributed by atoms with Crippen molar-refractivity contribution in [1.29, 1.82) is 0 Å². The Morgan fingerprint density at radius 1 is 1.31 bits per heavy atom. The lowest BCUT2D eigenvalue weighted by Crippen LogP contribution is -1.90. The maximum atomic E-state index is 4.36. The van der Waals surface area contributed by atoms with E-state index in [-0.39, 0.29) is 5.25 Å². The molecule has 1 aromatic carbocycles. The maximum absolute atomic E-state index is 4.36. The van der Waals surface area contributed by atoms with Gasteiger partial charge in [-0.15, -0.1) is 0 Å². The van der Waals surface area contributed by atoms with Gasteiger partial charge in [-0.1, -0.05) is 6.07 Å². The van der Waals surface area contributed by atoms with Crippen LogP contribution in [0.1, 0.15) is 17.7 Å². The van der Waals surface area contributed by atoms with Crippen molar-refractivity contribution in [3.63, 3.8) is 0 Å². The molecule has 2 aromatic rings. The lowest BCUT2D eigenvalue weighted by atomic mass is 10.1. The van der Waals surface area contributed by atoms with E-state index in [0.29, 0.717) is 0 Å². The number of nitrogens with zero attached hydrogens (tertiary/aromatic N) is 3. The SMILES string of the molecule is CC(S)c1ccc2nn(C)nc2c1. The van der Waals surface area contributed by atoms with Gasteiger partial charge in [-0.3, -0.25) is 0 Å². The Morgan fingerprint density at radius 2 is 2.00 bits per heavy atom. The van der Waals surface area contributed by atoms with Crippen LogP contribution in [-0.4, -0.2) is 15.0 Å². The zero-order valence-electron chi connectivity index (χ0n) is 7.60. The summed E-state index contributed by atoms with van der Waals surface area (Å²) in [4.78, 5) is 1.58. The molecule has 0 bridgehead atoms. The quantitative estimate of drug-likeness (QED) is 0.702. The largest absolute Gasteiger partial charge is 0.187 e. The third kappa shape index (κ3) is 1.54. The molecule has 0 aliphatic heterocycles. The van der Waals surface area contributed by atoms with Crippen molar-refractivity contribution in [3.05, 3.63) is 23.8 Å². The Bertz CT molecular complexity index is 433. The standard InChI is InChI=1S/C9H11N3S/c1-6(13)7-3-4-8-9(5-7)11-12(2)10-8/h3-6,13H,1-2H3. The van der Waals surface area contributed by atoms with Crippen LogP contribution in [0, 0.1) is 0 Å². The molecule has 1 unspecified atom stereocenters. The van der Waals surface area contributed by atoms with E-state index < -0.39 is 0 Å². The molecule has 0 aliphatic carbocycles. The topological polar surface area (TPSA) is 30.7 Å². The zero-order valence-corrected chi connectivity index (χ0v) is 8.49. The van der Waals surface area contributed by atoms with Gasteiger partial charge in [0.05, 0.1) is 0 Å². The summed E-state index contributed by atoms with van der Waals surface area (Å²) in [7, 11) is 1.82. The second kappa shape index (κ2) is 3.03. The summed E-state index contributed by atoms with van der Waals surface area (Å²) in [5, 5.41) is 8.66. The van der Waals surface area contributed by atoms with E-state index in [0.717, 1.165) is 11.0 Å². The molecule has 3 nitrogen and oxygen atoms in total. The highest BCUT2D eigenvalue weighted by Crippen LogP contribution is 2.21. The first kappa shape index (κ1) is 8.56. The zero-order chi connectivity index (χ0) is 9.42. The molecule has 13 heavy (non-hydrogen) atoms. The van der Waals surface area contributed by atoms with Crippen molar-refractivity contribution in [2.45, 2.75) is 12.2 Å². The summed E-state index contributed by atoms with van der Waals surface area (Å²) >= 11 is 4.36. The molecule has 1 aromatic heterocycles. The van der Waals surface area contributed by atoms with Gasteiger partial charge < -0.3 is 0 Å². The van der Waals surface area contributed by atoms with Crippen LogP contribution in [0.3, 0.4) is 0 Å². The number of aromatic nitrogens is 3. The fraction of sp³-hybridized carbons (Fsp3) is 0.333. The maximum Gasteiger partial charge on any atom is 0.113 e. The second-order valence-corrected chi connectivity index (χ2v) is 3.89. The molecule has 0 saturated heterocycles. The predicted molar refractivity (Wildman–Crippen MR) is 55.9 cm³/mol. The van der Waals surface area contributed by atoms with Crippen LogP contribution in [0.4, 0.5) is 0 Å². The van der Waals surface area contributed by atoms with Crippen LogP contribution in [-0.2, 0) is 7.05 Å². The molecule has 4 heteroatoms. The fourth-order valence-electron chi connectivity index (χ4n) is 1.30. The van der Waals surface area contributed by atoms with E-state index in [1.165, 1.54) is 5.56 Å². The first-order valence-electron chi connectivity index (χ1n) is 4.16. The average molecular weight is 193 g/mol. The van der Waals surface area contributed by atoms with Crippen LogP contribution in [0.2, 0.25) is 0 Å². The molecule has 1 heterocycles. The van der Waals surface area contributed by atoms with Gasteiger partial charge in [0.1, 0.15) is 11.0 Å². The molecule has 68 valence electrons. The van der Waals surface area contributed by atoms with Gasteiger partial charge in [0.15, 0.2) is 0 Å². The van der Waals surface area contributed by atoms with Crippen LogP contribution < -0.4 is 0 Å². The van der Waals surface area contributed by atoms with Gasteiger partial charge in [-0.2, -0.15) is 27.6 Å². The van der Waals surface area contributed by atoms with Crippen LogP contribution in [0.25, 0.3) is 11.0 Å². The Labute approximate surface area is 82.2 Å². The molecule has 1 atom stereocenters. The molecule has 0 saturated carbocycles. The minimum atomic E-state index is 0.242. The predicted octanol–water partition coefficient (Wildman–Crippen LogP) is 1.96. The summed E-state index contributed by atoms with van der Waals surface area (Å²) in [5.74, 6) is 0. The number of aryl methyl sites for hydroxylation is 1. The van der Waals surface area contributed by atoms with Crippen LogP contribution in [0.15, 0.2) is 18.2 Å². The Hall–Kier alpha value is -1.03. The summed E-state index contributed by atoms with van der Waals surface area (Å²) in [6, 6.07) is 6.04. The van der Waals surface area contributed by atoms with Crippen molar-refractivity contribution in [2.24, 2.45) is 7.05 Å². The van der Waals surface area contributed by atoms with Gasteiger partial charge in [0, 0.05) is 12.3 Å². The van der Waals surface area contributed by atoms with E-state index in [2.05, 4.69) is 22.8 Å². The monoisotopic (exact) mass is 193 g/mol. The third-order valence-electron chi connectivity index (χ3n) is 1.99. The molecule has 0 aliphatic rings. The van der Waals surface area contributed by atoms with Gasteiger partial charge in [-0.05, 0) is 24.6 Å². The normalized spacial score (nSPS) is 13.5. The number of hydrogen-bond donors (Lipinski definition) is 1. The average Bonchev–Trinajstić information content (AvgIpc) is 2.42. The van der Waals surface area contributed by atoms with Crippen molar-refractivity contribution < 1.29 is 0 Å². The first-order chi connectivity index (χ1) is 6.16. The van der Waals surface area contributed by atoms with Gasteiger partial charge >= 0.3 is 0 Å². The van der Waals surface area contributed by atoms with Crippen molar-refractivity contribution in [2.75, 3.05) is 0 Å². The molecule has 0 N–H and O–H groups in total. The summed E-state index contributed by atoms with van der Waals surface area (Å²) in [5.41, 5.74) is 3.04. The lowest BCUT2D eigenvalue weighted by molar-refractivity contribution is 0.665. The van der Waals surface area contributed by atoms with E-state index in [1.54, 1.807) is 4.80 Å². The minimum absolute atomic E-state index is 0.242. The van der Waals surface area contributed by atoms with Crippen LogP contribution >= 0.6 is 12.6 Å². The van der Waals surface area contributed by atoms with Crippen molar-refractivity contribution in [1.82, 2.24) is 15.0 Å². The first-order valence-corrected chi connectivity index (χ1v) is 4.67. The minimum Gasteiger partial charge on any atom is -0.187 e. The van der Waals surface area contributed by atoms with Gasteiger partial charge in [-0.25, -0.2) is 0 Å². The highest BCUT2D eigenvalue weighted by molar-refractivity contribution is 7.80. The highest BCUT2D eigenvalue weighted by Gasteiger charge is 2.04. The number of thiol groups is 1. The lowest BCUT2D eigenvalue weighted by Gasteiger charge is -2.01. The van der Waals surface area contributed by atoms with Crippen molar-refractivity contribution in [3.8, 4) is 0 Å². The fourth-order valence-corrected chi connectivity index (χ4v) is 1.46. The smallest absolute Gasteiger partial charge is 0.113 e. The van der Waals surface area contributed by atoms with E-state index in [1.807, 2.05) is 32.2 Å². The number of fused-ring (bicyclic) bond motifs is 1. The molecule has 0 fully saturated rings. The molecule has 2 rings (SSSR count). The van der Waals surface area contributed by atoms with Gasteiger partial charge in [0.2, 0.25) is 0 Å². The molecular formula is C9H11N3S. The summed E-state index contributed by atoms with van der Waals surface area (Å²) in [6.07, 6.45) is 0. The number of hydrogen-bond acceptors (Lipinski definition) is 3. The van der Waals surface area contributed by atoms with E-state index in [4.69, 9.17) is 0 Å². The number of benzene rings is 1. The Balaban J connectivity index is 2.61. The Morgan fingerprint density at radius 3 is 2.69 bits per heavy atom. The summed E-state index contributed by atoms with van der Waals surface area (Å²) < 4.78 is 0. The van der Waals surface area contributed by atoms with E-state index >= 15 is 0 Å².